The Hall–Kier alpha value is -1.46. The monoisotopic (exact) mass is 488 g/mol. The molecule has 0 saturated carbocycles. The number of aromatic nitrogens is 3. The van der Waals surface area contributed by atoms with Gasteiger partial charge in [-0.25, -0.2) is 0 Å². The molecule has 3 heterocycles. The summed E-state index contributed by atoms with van der Waals surface area (Å²) in [6.45, 7) is 5.05. The molecule has 2 aromatic rings. The van der Waals surface area contributed by atoms with Crippen molar-refractivity contribution < 1.29 is 9.47 Å². The van der Waals surface area contributed by atoms with E-state index in [-0.39, 0.29) is 36.1 Å². The number of nitrogens with one attached hydrogen (secondary N) is 2. The second-order valence-electron chi connectivity index (χ2n) is 6.51. The number of nitrogens with zero attached hydrogens (tertiary/aromatic N) is 4. The van der Waals surface area contributed by atoms with E-state index < -0.39 is 0 Å². The van der Waals surface area contributed by atoms with Crippen LogP contribution in [-0.4, -0.2) is 66.1 Å². The number of hydrogen-bond acceptors (Lipinski definition) is 5. The molecule has 0 aliphatic carbocycles. The minimum absolute atomic E-state index is 0. The van der Waals surface area contributed by atoms with Gasteiger partial charge < -0.3 is 20.1 Å². The summed E-state index contributed by atoms with van der Waals surface area (Å²) in [6.07, 6.45) is 5.01. The number of ether oxygens (including phenoxy) is 2. The van der Waals surface area contributed by atoms with Gasteiger partial charge >= 0.3 is 0 Å². The highest BCUT2D eigenvalue weighted by Gasteiger charge is 2.17. The maximum atomic E-state index is 5.84. The third kappa shape index (κ3) is 6.58. The van der Waals surface area contributed by atoms with Crippen LogP contribution in [0.3, 0.4) is 0 Å². The summed E-state index contributed by atoms with van der Waals surface area (Å²) in [6, 6.07) is 6.10. The zero-order chi connectivity index (χ0) is 18.2. The predicted molar refractivity (Wildman–Crippen MR) is 116 cm³/mol. The van der Waals surface area contributed by atoms with E-state index in [0.29, 0.717) is 13.2 Å². The summed E-state index contributed by atoms with van der Waals surface area (Å²) in [5, 5.41) is 15.1. The maximum absolute atomic E-state index is 5.84. The standard InChI is InChI=1S/C18H28N6O2.HI/c1-14(12-26-15-8-11-25-13-15)21-18(19-2)20-9-5-7-17-23-22-16-6-3-4-10-24(16)17;/h3-4,6,10,14-15H,5,7-9,11-13H2,1-2H3,(H2,19,20,21);1H. The van der Waals surface area contributed by atoms with Gasteiger partial charge in [0, 0.05) is 38.9 Å². The molecule has 2 aromatic heterocycles. The van der Waals surface area contributed by atoms with Crippen LogP contribution < -0.4 is 10.6 Å². The van der Waals surface area contributed by atoms with Crippen LogP contribution in [0.1, 0.15) is 25.6 Å². The Morgan fingerprint density at radius 3 is 3.11 bits per heavy atom. The molecule has 8 nitrogen and oxygen atoms in total. The third-order valence-corrected chi connectivity index (χ3v) is 4.33. The summed E-state index contributed by atoms with van der Waals surface area (Å²) < 4.78 is 13.2. The Balaban J connectivity index is 0.00000261. The summed E-state index contributed by atoms with van der Waals surface area (Å²) in [5.74, 6) is 1.76. The molecule has 27 heavy (non-hydrogen) atoms. The van der Waals surface area contributed by atoms with Gasteiger partial charge in [-0.2, -0.15) is 0 Å². The average molecular weight is 488 g/mol. The molecule has 1 aliphatic heterocycles. The molecule has 1 saturated heterocycles. The molecule has 0 aromatic carbocycles. The van der Waals surface area contributed by atoms with Crippen LogP contribution in [0.4, 0.5) is 0 Å². The summed E-state index contributed by atoms with van der Waals surface area (Å²) in [4.78, 5) is 4.27. The lowest BCUT2D eigenvalue weighted by Crippen LogP contribution is -2.44. The molecule has 1 fully saturated rings. The molecule has 3 rings (SSSR count). The Labute approximate surface area is 177 Å². The highest BCUT2D eigenvalue weighted by Crippen LogP contribution is 2.08. The van der Waals surface area contributed by atoms with Gasteiger partial charge in [0.15, 0.2) is 11.6 Å². The van der Waals surface area contributed by atoms with Gasteiger partial charge in [-0.05, 0) is 31.9 Å². The molecule has 2 atom stereocenters. The quantitative estimate of drug-likeness (QED) is 0.255. The molecule has 150 valence electrons. The Bertz CT molecular complexity index is 717. The van der Waals surface area contributed by atoms with Crippen molar-refractivity contribution in [3.63, 3.8) is 0 Å². The zero-order valence-electron chi connectivity index (χ0n) is 15.9. The summed E-state index contributed by atoms with van der Waals surface area (Å²) in [7, 11) is 1.78. The number of halogens is 1. The minimum atomic E-state index is 0. The first-order valence-electron chi connectivity index (χ1n) is 9.21. The maximum Gasteiger partial charge on any atom is 0.191 e. The van der Waals surface area contributed by atoms with Gasteiger partial charge in [-0.3, -0.25) is 9.39 Å². The number of pyridine rings is 1. The lowest BCUT2D eigenvalue weighted by molar-refractivity contribution is 0.0347. The summed E-state index contributed by atoms with van der Waals surface area (Å²) >= 11 is 0. The first kappa shape index (κ1) is 21.8. The largest absolute Gasteiger partial charge is 0.379 e. The lowest BCUT2D eigenvalue weighted by Gasteiger charge is -2.19. The van der Waals surface area contributed by atoms with Crippen LogP contribution in [0.25, 0.3) is 5.65 Å². The molecule has 2 N–H and O–H groups in total. The molecule has 9 heteroatoms. The number of aliphatic imine (C=N–C) groups is 1. The molecular formula is C18H29IN6O2. The lowest BCUT2D eigenvalue weighted by atomic mass is 10.3. The fourth-order valence-corrected chi connectivity index (χ4v) is 2.91. The van der Waals surface area contributed by atoms with E-state index in [1.165, 1.54) is 0 Å². The molecule has 0 radical (unpaired) electrons. The smallest absolute Gasteiger partial charge is 0.191 e. The molecule has 0 spiro atoms. The second kappa shape index (κ2) is 11.4. The van der Waals surface area contributed by atoms with Gasteiger partial charge in [-0.15, -0.1) is 34.2 Å². The van der Waals surface area contributed by atoms with E-state index in [2.05, 4.69) is 32.7 Å². The second-order valence-corrected chi connectivity index (χ2v) is 6.51. The Morgan fingerprint density at radius 2 is 2.33 bits per heavy atom. The van der Waals surface area contributed by atoms with Crippen molar-refractivity contribution >= 4 is 35.6 Å². The van der Waals surface area contributed by atoms with Crippen molar-refractivity contribution in [1.82, 2.24) is 25.2 Å². The van der Waals surface area contributed by atoms with Gasteiger partial charge in [0.05, 0.1) is 19.3 Å². The van der Waals surface area contributed by atoms with Crippen molar-refractivity contribution in [2.45, 2.75) is 38.3 Å². The highest BCUT2D eigenvalue weighted by atomic mass is 127. The van der Waals surface area contributed by atoms with Crippen LogP contribution in [0, 0.1) is 0 Å². The molecule has 0 bridgehead atoms. The average Bonchev–Trinajstić information content (AvgIpc) is 3.32. The SMILES string of the molecule is CN=C(NCCCc1nnc2ccccn12)NC(C)COC1CCOC1.I. The predicted octanol–water partition coefficient (Wildman–Crippen LogP) is 1.64. The third-order valence-electron chi connectivity index (χ3n) is 4.33. The number of aryl methyl sites for hydroxylation is 1. The Morgan fingerprint density at radius 1 is 1.44 bits per heavy atom. The fraction of sp³-hybridized carbons (Fsp3) is 0.611. The number of rotatable bonds is 8. The van der Waals surface area contributed by atoms with Crippen LogP contribution in [0.15, 0.2) is 29.4 Å². The van der Waals surface area contributed by atoms with E-state index in [1.807, 2.05) is 28.8 Å². The van der Waals surface area contributed by atoms with Gasteiger partial charge in [0.25, 0.3) is 0 Å². The van der Waals surface area contributed by atoms with Crippen molar-refractivity contribution in [1.29, 1.82) is 0 Å². The van der Waals surface area contributed by atoms with E-state index in [1.54, 1.807) is 7.05 Å². The van der Waals surface area contributed by atoms with Crippen molar-refractivity contribution in [2.75, 3.05) is 33.4 Å². The normalized spacial score (nSPS) is 18.3. The van der Waals surface area contributed by atoms with Crippen molar-refractivity contribution in [3.05, 3.63) is 30.2 Å². The highest BCUT2D eigenvalue weighted by molar-refractivity contribution is 14.0. The minimum Gasteiger partial charge on any atom is -0.379 e. The first-order valence-corrected chi connectivity index (χ1v) is 9.21. The Kier molecular flexibility index (Phi) is 9.22. The fourth-order valence-electron chi connectivity index (χ4n) is 2.91. The molecule has 1 aliphatic rings. The summed E-state index contributed by atoms with van der Waals surface area (Å²) in [5.41, 5.74) is 0.884. The van der Waals surface area contributed by atoms with E-state index >= 15 is 0 Å². The van der Waals surface area contributed by atoms with Gasteiger partial charge in [0.2, 0.25) is 0 Å². The van der Waals surface area contributed by atoms with Crippen LogP contribution >= 0.6 is 24.0 Å². The van der Waals surface area contributed by atoms with Gasteiger partial charge in [0.1, 0.15) is 5.82 Å². The van der Waals surface area contributed by atoms with Gasteiger partial charge in [-0.1, -0.05) is 6.07 Å². The van der Waals surface area contributed by atoms with Crippen LogP contribution in [0.5, 0.6) is 0 Å². The molecule has 2 unspecified atom stereocenters. The van der Waals surface area contributed by atoms with E-state index in [0.717, 1.165) is 49.8 Å². The number of fused-ring (bicyclic) bond motifs is 1. The van der Waals surface area contributed by atoms with E-state index in [9.17, 15) is 0 Å². The number of guanidine groups is 1. The van der Waals surface area contributed by atoms with Crippen LogP contribution in [0.2, 0.25) is 0 Å². The number of hydrogen-bond donors (Lipinski definition) is 2. The molecular weight excluding hydrogens is 459 g/mol. The topological polar surface area (TPSA) is 85.1 Å². The molecule has 0 amide bonds. The first-order chi connectivity index (χ1) is 12.8. The van der Waals surface area contributed by atoms with E-state index in [4.69, 9.17) is 9.47 Å². The zero-order valence-corrected chi connectivity index (χ0v) is 18.3. The van der Waals surface area contributed by atoms with Crippen LogP contribution in [-0.2, 0) is 15.9 Å². The van der Waals surface area contributed by atoms with Crippen molar-refractivity contribution in [2.24, 2.45) is 4.99 Å². The van der Waals surface area contributed by atoms with Crippen molar-refractivity contribution in [3.8, 4) is 0 Å².